The molecule has 0 fully saturated rings. The fourth-order valence-electron chi connectivity index (χ4n) is 3.01. The summed E-state index contributed by atoms with van der Waals surface area (Å²) in [7, 11) is 0. The predicted octanol–water partition coefficient (Wildman–Crippen LogP) is 4.94. The van der Waals surface area contributed by atoms with E-state index in [-0.39, 0.29) is 11.4 Å². The first-order chi connectivity index (χ1) is 15.8. The molecule has 0 radical (unpaired) electrons. The molecule has 1 amide bonds. The molecule has 0 atom stereocenters. The number of fused-ring (bicyclic) bond motifs is 1. The van der Waals surface area contributed by atoms with Crippen LogP contribution in [0.15, 0.2) is 65.7 Å². The molecule has 0 unspecified atom stereocenters. The number of hydrogen-bond acceptors (Lipinski definition) is 6. The number of nitrogens with one attached hydrogen (secondary N) is 1. The fraction of sp³-hybridized carbons (Fsp3) is 0.182. The molecule has 0 spiro atoms. The van der Waals surface area contributed by atoms with E-state index in [0.717, 1.165) is 35.2 Å². The Bertz CT molecular complexity index is 1280. The van der Waals surface area contributed by atoms with Gasteiger partial charge in [0.1, 0.15) is 10.8 Å². The summed E-state index contributed by atoms with van der Waals surface area (Å²) < 4.78 is 45.5. The lowest BCUT2D eigenvalue weighted by Gasteiger charge is -2.09. The van der Waals surface area contributed by atoms with Crippen LogP contribution in [0.4, 0.5) is 18.9 Å². The van der Waals surface area contributed by atoms with Gasteiger partial charge in [0.15, 0.2) is 11.5 Å². The van der Waals surface area contributed by atoms with Crippen LogP contribution in [0.1, 0.15) is 12.5 Å². The second-order valence-electron chi connectivity index (χ2n) is 6.84. The van der Waals surface area contributed by atoms with Gasteiger partial charge in [-0.05, 0) is 61.5 Å². The van der Waals surface area contributed by atoms with Crippen LogP contribution < -0.4 is 10.1 Å². The SMILES string of the molecule is CCOc1ccc(-c2nnc3ccc(SCC(=O)Nc4cccc(C(F)(F)F)c4)nn23)cc1. The Labute approximate surface area is 191 Å². The van der Waals surface area contributed by atoms with Crippen molar-refractivity contribution in [3.8, 4) is 17.1 Å². The van der Waals surface area contributed by atoms with Gasteiger partial charge in [-0.1, -0.05) is 17.8 Å². The molecule has 33 heavy (non-hydrogen) atoms. The third-order valence-corrected chi connectivity index (χ3v) is 5.41. The summed E-state index contributed by atoms with van der Waals surface area (Å²) in [4.78, 5) is 12.2. The highest BCUT2D eigenvalue weighted by Crippen LogP contribution is 2.30. The number of ether oxygens (including phenoxy) is 1. The van der Waals surface area contributed by atoms with Crippen LogP contribution in [0.3, 0.4) is 0 Å². The first-order valence-electron chi connectivity index (χ1n) is 9.89. The molecule has 2 aromatic heterocycles. The van der Waals surface area contributed by atoms with Crippen LogP contribution >= 0.6 is 11.8 Å². The maximum Gasteiger partial charge on any atom is 0.416 e. The number of benzene rings is 2. The Kier molecular flexibility index (Phi) is 6.50. The number of nitrogens with zero attached hydrogens (tertiary/aromatic N) is 4. The van der Waals surface area contributed by atoms with Crippen molar-refractivity contribution in [2.45, 2.75) is 18.1 Å². The van der Waals surface area contributed by atoms with Gasteiger partial charge in [-0.2, -0.15) is 22.8 Å². The van der Waals surface area contributed by atoms with Gasteiger partial charge in [0.2, 0.25) is 5.91 Å². The molecular weight excluding hydrogens is 455 g/mol. The fourth-order valence-corrected chi connectivity index (χ4v) is 3.66. The molecule has 2 aromatic carbocycles. The lowest BCUT2D eigenvalue weighted by molar-refractivity contribution is -0.137. The van der Waals surface area contributed by atoms with E-state index >= 15 is 0 Å². The highest BCUT2D eigenvalue weighted by Gasteiger charge is 2.30. The lowest BCUT2D eigenvalue weighted by atomic mass is 10.2. The zero-order chi connectivity index (χ0) is 23.4. The average molecular weight is 473 g/mol. The smallest absolute Gasteiger partial charge is 0.416 e. The summed E-state index contributed by atoms with van der Waals surface area (Å²) in [5, 5.41) is 15.8. The molecule has 0 bridgehead atoms. The molecule has 0 aliphatic carbocycles. The van der Waals surface area contributed by atoms with E-state index in [4.69, 9.17) is 4.74 Å². The van der Waals surface area contributed by atoms with Gasteiger partial charge in [0.25, 0.3) is 0 Å². The van der Waals surface area contributed by atoms with Crippen molar-refractivity contribution in [3.05, 3.63) is 66.2 Å². The van der Waals surface area contributed by atoms with Gasteiger partial charge >= 0.3 is 6.18 Å². The number of anilines is 1. The monoisotopic (exact) mass is 473 g/mol. The normalized spacial score (nSPS) is 11.5. The number of thioether (sulfide) groups is 1. The molecule has 0 aliphatic heterocycles. The first-order valence-corrected chi connectivity index (χ1v) is 10.9. The third kappa shape index (κ3) is 5.43. The summed E-state index contributed by atoms with van der Waals surface area (Å²) >= 11 is 1.15. The van der Waals surface area contributed by atoms with Crippen molar-refractivity contribution in [1.29, 1.82) is 0 Å². The molecule has 0 saturated heterocycles. The lowest BCUT2D eigenvalue weighted by Crippen LogP contribution is -2.15. The highest BCUT2D eigenvalue weighted by atomic mass is 32.2. The average Bonchev–Trinajstić information content (AvgIpc) is 3.21. The van der Waals surface area contributed by atoms with Gasteiger partial charge in [0, 0.05) is 11.3 Å². The molecular formula is C22H18F3N5O2S. The van der Waals surface area contributed by atoms with Crippen molar-refractivity contribution < 1.29 is 22.7 Å². The maximum absolute atomic E-state index is 12.8. The second-order valence-corrected chi connectivity index (χ2v) is 7.83. The summed E-state index contributed by atoms with van der Waals surface area (Å²) in [6.07, 6.45) is -4.48. The Balaban J connectivity index is 1.45. The van der Waals surface area contributed by atoms with Crippen molar-refractivity contribution in [2.24, 2.45) is 0 Å². The number of carbonyl (C=O) groups is 1. The van der Waals surface area contributed by atoms with E-state index < -0.39 is 17.6 Å². The van der Waals surface area contributed by atoms with E-state index in [0.29, 0.717) is 23.1 Å². The van der Waals surface area contributed by atoms with Crippen molar-refractivity contribution in [2.75, 3.05) is 17.7 Å². The Morgan fingerprint density at radius 3 is 2.61 bits per heavy atom. The van der Waals surface area contributed by atoms with Crippen LogP contribution in [-0.2, 0) is 11.0 Å². The Morgan fingerprint density at radius 1 is 1.09 bits per heavy atom. The van der Waals surface area contributed by atoms with Gasteiger partial charge in [-0.25, -0.2) is 0 Å². The number of carbonyl (C=O) groups excluding carboxylic acids is 1. The van der Waals surface area contributed by atoms with Crippen molar-refractivity contribution >= 4 is 29.0 Å². The van der Waals surface area contributed by atoms with Gasteiger partial charge in [0.05, 0.1) is 17.9 Å². The van der Waals surface area contributed by atoms with E-state index in [9.17, 15) is 18.0 Å². The largest absolute Gasteiger partial charge is 0.494 e. The summed E-state index contributed by atoms with van der Waals surface area (Å²) in [6.45, 7) is 2.47. The predicted molar refractivity (Wildman–Crippen MR) is 118 cm³/mol. The number of hydrogen-bond donors (Lipinski definition) is 1. The van der Waals surface area contributed by atoms with Crippen LogP contribution in [0.5, 0.6) is 5.75 Å². The quantitative estimate of drug-likeness (QED) is 0.383. The number of aromatic nitrogens is 4. The van der Waals surface area contributed by atoms with Gasteiger partial charge in [-0.15, -0.1) is 10.2 Å². The number of amides is 1. The minimum Gasteiger partial charge on any atom is -0.494 e. The minimum atomic E-state index is -4.48. The highest BCUT2D eigenvalue weighted by molar-refractivity contribution is 7.99. The molecule has 2 heterocycles. The summed E-state index contributed by atoms with van der Waals surface area (Å²) in [5.74, 6) is 0.793. The van der Waals surface area contributed by atoms with Gasteiger partial charge < -0.3 is 10.1 Å². The zero-order valence-electron chi connectivity index (χ0n) is 17.3. The van der Waals surface area contributed by atoms with Crippen LogP contribution in [0.2, 0.25) is 0 Å². The number of rotatable bonds is 7. The molecule has 11 heteroatoms. The summed E-state index contributed by atoms with van der Waals surface area (Å²) in [5.41, 5.74) is 0.587. The van der Waals surface area contributed by atoms with Crippen molar-refractivity contribution in [1.82, 2.24) is 19.8 Å². The molecule has 170 valence electrons. The zero-order valence-corrected chi connectivity index (χ0v) is 18.2. The Hall–Kier alpha value is -3.60. The number of halogens is 3. The molecule has 0 saturated carbocycles. The van der Waals surface area contributed by atoms with Crippen LogP contribution in [0, 0.1) is 0 Å². The Morgan fingerprint density at radius 2 is 1.88 bits per heavy atom. The number of alkyl halides is 3. The molecule has 4 aromatic rings. The van der Waals surface area contributed by atoms with Gasteiger partial charge in [-0.3, -0.25) is 4.79 Å². The topological polar surface area (TPSA) is 81.4 Å². The molecule has 7 nitrogen and oxygen atoms in total. The first kappa shape index (κ1) is 22.6. The van der Waals surface area contributed by atoms with E-state index in [2.05, 4.69) is 20.6 Å². The summed E-state index contributed by atoms with van der Waals surface area (Å²) in [6, 6.07) is 15.3. The maximum atomic E-state index is 12.8. The molecule has 4 rings (SSSR count). The van der Waals surface area contributed by atoms with E-state index in [1.165, 1.54) is 12.1 Å². The third-order valence-electron chi connectivity index (χ3n) is 4.49. The van der Waals surface area contributed by atoms with Crippen LogP contribution in [-0.4, -0.2) is 38.1 Å². The van der Waals surface area contributed by atoms with Crippen LogP contribution in [0.25, 0.3) is 17.0 Å². The molecule has 1 N–H and O–H groups in total. The standard InChI is InChI=1S/C22H18F3N5O2S/c1-2-32-17-8-6-14(7-9-17)21-28-27-18-10-11-20(29-30(18)21)33-13-19(31)26-16-5-3-4-15(12-16)22(23,24)25/h3-12H,2,13H2,1H3,(H,26,31). The van der Waals surface area contributed by atoms with Crippen molar-refractivity contribution in [3.63, 3.8) is 0 Å². The minimum absolute atomic E-state index is 0.0325. The second kappa shape index (κ2) is 9.49. The van der Waals surface area contributed by atoms with E-state index in [1.807, 2.05) is 31.2 Å². The molecule has 0 aliphatic rings. The van der Waals surface area contributed by atoms with E-state index in [1.54, 1.807) is 16.6 Å².